The molecule has 3 nitrogen and oxygen atoms in total. The van der Waals surface area contributed by atoms with Gasteiger partial charge in [0.05, 0.1) is 11.0 Å². The van der Waals surface area contributed by atoms with Crippen LogP contribution in [0.3, 0.4) is 0 Å². The maximum absolute atomic E-state index is 15.7. The van der Waals surface area contributed by atoms with Crippen LogP contribution >= 0.6 is 0 Å². The quantitative estimate of drug-likeness (QED) is 0.210. The lowest BCUT2D eigenvalue weighted by Gasteiger charge is -2.21. The zero-order valence-electron chi connectivity index (χ0n) is 24.0. The minimum Gasteiger partial charge on any atom is -0.358 e. The van der Waals surface area contributed by atoms with Crippen LogP contribution in [0.5, 0.6) is 0 Å². The van der Waals surface area contributed by atoms with Gasteiger partial charge in [0.25, 0.3) is 0 Å². The van der Waals surface area contributed by atoms with Gasteiger partial charge in [-0.2, -0.15) is 0 Å². The van der Waals surface area contributed by atoms with Gasteiger partial charge < -0.3 is 10.3 Å². The van der Waals surface area contributed by atoms with Crippen molar-refractivity contribution in [2.75, 3.05) is 0 Å². The van der Waals surface area contributed by atoms with E-state index >= 15 is 4.39 Å². The molecule has 200 valence electrons. The summed E-state index contributed by atoms with van der Waals surface area (Å²) in [6, 6.07) is 20.4. The first-order chi connectivity index (χ1) is 18.7. The van der Waals surface area contributed by atoms with Crippen LogP contribution in [0.15, 0.2) is 78.0 Å². The molecule has 0 atom stereocenters. The zero-order chi connectivity index (χ0) is 27.8. The number of fused-ring (bicyclic) bond motifs is 6. The monoisotopic (exact) mass is 519 g/mol. The van der Waals surface area contributed by atoms with E-state index in [0.29, 0.717) is 17.4 Å². The van der Waals surface area contributed by atoms with Gasteiger partial charge in [-0.25, -0.2) is 9.37 Å². The molecule has 0 amide bonds. The lowest BCUT2D eigenvalue weighted by atomic mass is 9.95. The summed E-state index contributed by atoms with van der Waals surface area (Å²) in [7, 11) is 0. The summed E-state index contributed by atoms with van der Waals surface area (Å²) < 4.78 is 15.7. The maximum atomic E-state index is 15.7. The predicted octanol–water partition coefficient (Wildman–Crippen LogP) is 10.1. The molecule has 1 aromatic heterocycles. The minimum absolute atomic E-state index is 0.235. The van der Waals surface area contributed by atoms with E-state index in [9.17, 15) is 0 Å². The Hall–Kier alpha value is -3.92. The van der Waals surface area contributed by atoms with Crippen LogP contribution in [0.2, 0.25) is 0 Å². The molecular formula is C35H38FN3. The van der Waals surface area contributed by atoms with Crippen LogP contribution in [-0.2, 0) is 0 Å². The number of hydrogen-bond donors (Lipinski definition) is 2. The highest BCUT2D eigenvalue weighted by Crippen LogP contribution is 2.37. The number of nitrogens with one attached hydrogen (secondary N) is 2. The van der Waals surface area contributed by atoms with Crippen molar-refractivity contribution in [3.63, 3.8) is 0 Å². The third kappa shape index (κ3) is 4.85. The molecule has 39 heavy (non-hydrogen) atoms. The molecule has 0 aliphatic rings. The second-order valence-corrected chi connectivity index (χ2v) is 11.0. The van der Waals surface area contributed by atoms with Crippen molar-refractivity contribution in [2.24, 2.45) is 5.92 Å². The second kappa shape index (κ2) is 10.7. The average Bonchev–Trinajstić information content (AvgIpc) is 3.40. The Morgan fingerprint density at radius 2 is 1.62 bits per heavy atom. The molecule has 5 rings (SSSR count). The zero-order valence-corrected chi connectivity index (χ0v) is 24.0. The first-order valence-electron chi connectivity index (χ1n) is 14.0. The number of allylic oxidation sites excluding steroid dienone is 3. The largest absolute Gasteiger partial charge is 0.358 e. The Bertz CT molecular complexity index is 1750. The van der Waals surface area contributed by atoms with Gasteiger partial charge in [-0.05, 0) is 66.3 Å². The Balaban J connectivity index is 1.60. The number of halogens is 1. The SMILES string of the molecule is C/C=C(\N/C(=C(\C)CC)C(C)C)c1ccc(-c2ccc3c(c2)c2ccccc2c2nc(C(C)C)[nH]c32)cc1F. The van der Waals surface area contributed by atoms with Gasteiger partial charge in [0.1, 0.15) is 11.6 Å². The van der Waals surface area contributed by atoms with E-state index in [2.05, 4.69) is 94.3 Å². The molecule has 4 heteroatoms. The summed E-state index contributed by atoms with van der Waals surface area (Å²) in [5.74, 6) is 1.39. The van der Waals surface area contributed by atoms with E-state index in [4.69, 9.17) is 4.98 Å². The molecule has 0 aliphatic carbocycles. The van der Waals surface area contributed by atoms with Crippen LogP contribution in [0.4, 0.5) is 4.39 Å². The Morgan fingerprint density at radius 1 is 0.923 bits per heavy atom. The van der Waals surface area contributed by atoms with Gasteiger partial charge in [-0.1, -0.05) is 88.7 Å². The van der Waals surface area contributed by atoms with Gasteiger partial charge in [0, 0.05) is 33.6 Å². The van der Waals surface area contributed by atoms with Crippen molar-refractivity contribution in [1.29, 1.82) is 0 Å². The van der Waals surface area contributed by atoms with Gasteiger partial charge in [0.2, 0.25) is 0 Å². The molecule has 0 fully saturated rings. The number of nitrogens with zero attached hydrogens (tertiary/aromatic N) is 1. The summed E-state index contributed by atoms with van der Waals surface area (Å²) in [5, 5.41) is 8.08. The molecule has 2 N–H and O–H groups in total. The van der Waals surface area contributed by atoms with E-state index in [1.54, 1.807) is 6.07 Å². The number of rotatable bonds is 7. The lowest BCUT2D eigenvalue weighted by Crippen LogP contribution is -2.18. The van der Waals surface area contributed by atoms with Gasteiger partial charge >= 0.3 is 0 Å². The number of aromatic nitrogens is 2. The van der Waals surface area contributed by atoms with Crippen molar-refractivity contribution in [3.8, 4) is 11.1 Å². The maximum Gasteiger partial charge on any atom is 0.133 e. The van der Waals surface area contributed by atoms with Crippen LogP contribution in [0, 0.1) is 11.7 Å². The van der Waals surface area contributed by atoms with Crippen LogP contribution < -0.4 is 5.32 Å². The first-order valence-corrected chi connectivity index (χ1v) is 14.0. The molecule has 5 aromatic rings. The van der Waals surface area contributed by atoms with E-state index in [0.717, 1.165) is 67.3 Å². The molecule has 0 saturated carbocycles. The first kappa shape index (κ1) is 26.7. The lowest BCUT2D eigenvalue weighted by molar-refractivity contribution is 0.621. The standard InChI is InChI=1S/C35H38FN3/c1-8-22(7)32(20(3)4)37-31(9-2)28-17-15-24(19-30(28)36)23-14-16-27-29(18-23)25-12-10-11-13-26(25)33-34(27)39-35(38-33)21(5)6/h9-21,37H,8H2,1-7H3,(H,38,39)/b31-9-,32-22+. The molecular weight excluding hydrogens is 481 g/mol. The Labute approximate surface area is 230 Å². The van der Waals surface area contributed by atoms with Crippen LogP contribution in [0.1, 0.15) is 72.2 Å². The normalized spacial score (nSPS) is 13.2. The summed E-state index contributed by atoms with van der Waals surface area (Å²) in [4.78, 5) is 8.52. The van der Waals surface area contributed by atoms with Crippen molar-refractivity contribution >= 4 is 38.3 Å². The highest BCUT2D eigenvalue weighted by molar-refractivity contribution is 6.23. The van der Waals surface area contributed by atoms with Crippen molar-refractivity contribution in [2.45, 2.75) is 60.8 Å². The Kier molecular flexibility index (Phi) is 7.31. The molecule has 4 aromatic carbocycles. The fraction of sp³-hybridized carbons (Fsp3) is 0.286. The second-order valence-electron chi connectivity index (χ2n) is 11.0. The number of H-pyrrole nitrogens is 1. The summed E-state index contributed by atoms with van der Waals surface area (Å²) >= 11 is 0. The molecule has 0 spiro atoms. The molecule has 0 bridgehead atoms. The van der Waals surface area contributed by atoms with Crippen molar-refractivity contribution < 1.29 is 4.39 Å². The average molecular weight is 520 g/mol. The molecule has 0 unspecified atom stereocenters. The molecule has 0 aliphatic heterocycles. The number of hydrogen-bond acceptors (Lipinski definition) is 2. The van der Waals surface area contributed by atoms with Gasteiger partial charge in [-0.15, -0.1) is 0 Å². The number of benzene rings is 4. The van der Waals surface area contributed by atoms with Crippen molar-refractivity contribution in [1.82, 2.24) is 15.3 Å². The van der Waals surface area contributed by atoms with Crippen LogP contribution in [-0.4, -0.2) is 9.97 Å². The molecule has 1 heterocycles. The molecule has 0 saturated heterocycles. The van der Waals surface area contributed by atoms with Crippen LogP contribution in [0.25, 0.3) is 49.4 Å². The van der Waals surface area contributed by atoms with E-state index in [-0.39, 0.29) is 5.82 Å². The Morgan fingerprint density at radius 3 is 2.26 bits per heavy atom. The van der Waals surface area contributed by atoms with Crippen molar-refractivity contribution in [3.05, 3.63) is 95.2 Å². The fourth-order valence-corrected chi connectivity index (χ4v) is 5.43. The predicted molar refractivity (Wildman–Crippen MR) is 165 cm³/mol. The van der Waals surface area contributed by atoms with E-state index in [1.165, 1.54) is 5.57 Å². The van der Waals surface area contributed by atoms with Gasteiger partial charge in [-0.3, -0.25) is 0 Å². The summed E-state index contributed by atoms with van der Waals surface area (Å²) in [6.07, 6.45) is 2.91. The number of imidazole rings is 1. The third-order valence-electron chi connectivity index (χ3n) is 7.75. The third-order valence-corrected chi connectivity index (χ3v) is 7.75. The topological polar surface area (TPSA) is 40.7 Å². The smallest absolute Gasteiger partial charge is 0.133 e. The van der Waals surface area contributed by atoms with E-state index < -0.39 is 0 Å². The van der Waals surface area contributed by atoms with Gasteiger partial charge in [0.15, 0.2) is 0 Å². The highest BCUT2D eigenvalue weighted by atomic mass is 19.1. The minimum atomic E-state index is -0.235. The number of aromatic amines is 1. The summed E-state index contributed by atoms with van der Waals surface area (Å²) in [6.45, 7) is 14.9. The highest BCUT2D eigenvalue weighted by Gasteiger charge is 2.17. The van der Waals surface area contributed by atoms with E-state index in [1.807, 2.05) is 25.1 Å². The fourth-order valence-electron chi connectivity index (χ4n) is 5.43. The molecule has 0 radical (unpaired) electrons. The summed E-state index contributed by atoms with van der Waals surface area (Å²) in [5.41, 5.74) is 7.72.